The summed E-state index contributed by atoms with van der Waals surface area (Å²) >= 11 is 0. The second kappa shape index (κ2) is 6.66. The van der Waals surface area contributed by atoms with Crippen LogP contribution in [-0.2, 0) is 20.5 Å². The van der Waals surface area contributed by atoms with Crippen LogP contribution >= 0.6 is 0 Å². The van der Waals surface area contributed by atoms with Gasteiger partial charge in [-0.15, -0.1) is 0 Å². The molecule has 3 N–H and O–H groups in total. The van der Waals surface area contributed by atoms with Crippen molar-refractivity contribution >= 4 is 19.2 Å². The molecule has 0 amide bonds. The van der Waals surface area contributed by atoms with E-state index >= 15 is 0 Å². The van der Waals surface area contributed by atoms with Crippen molar-refractivity contribution in [2.45, 2.75) is 45.3 Å². The van der Waals surface area contributed by atoms with Crippen molar-refractivity contribution in [2.75, 3.05) is 6.54 Å². The van der Waals surface area contributed by atoms with Gasteiger partial charge in [0.1, 0.15) is 5.82 Å². The number of hydrogen-bond acceptors (Lipinski definition) is 4. The highest BCUT2D eigenvalue weighted by Gasteiger charge is 2.52. The lowest BCUT2D eigenvalue weighted by molar-refractivity contribution is -0.136. The Labute approximate surface area is 141 Å². The molecule has 1 heterocycles. The maximum absolute atomic E-state index is 13.6. The second-order valence-corrected chi connectivity index (χ2v) is 6.93. The Bertz CT molecular complexity index is 657. The number of carboxylic acids is 1. The molecule has 1 aliphatic heterocycles. The molecule has 1 fully saturated rings. The normalized spacial score (nSPS) is 19.6. The second-order valence-electron chi connectivity index (χ2n) is 6.93. The molecule has 0 atom stereocenters. The smallest absolute Gasteiger partial charge is 0.481 e. The molecule has 0 aromatic heterocycles. The highest BCUT2D eigenvalue weighted by molar-refractivity contribution is 6.55. The largest absolute Gasteiger partial charge is 0.491 e. The summed E-state index contributed by atoms with van der Waals surface area (Å²) in [7, 11) is -0.652. The van der Waals surface area contributed by atoms with E-state index in [1.54, 1.807) is 6.08 Å². The minimum Gasteiger partial charge on any atom is -0.481 e. The summed E-state index contributed by atoms with van der Waals surface area (Å²) < 4.78 is 25.5. The Kier molecular flexibility index (Phi) is 5.18. The third-order valence-electron chi connectivity index (χ3n) is 4.58. The summed E-state index contributed by atoms with van der Waals surface area (Å²) in [5.74, 6) is -1.43. The van der Waals surface area contributed by atoms with Gasteiger partial charge in [-0.1, -0.05) is 12.1 Å². The molecular weight excluding hydrogens is 312 g/mol. The minimum absolute atomic E-state index is 0.153. The molecule has 1 saturated heterocycles. The first kappa shape index (κ1) is 18.6. The van der Waals surface area contributed by atoms with E-state index in [1.807, 2.05) is 27.7 Å². The monoisotopic (exact) mass is 335 g/mol. The molecule has 0 radical (unpaired) electrons. The van der Waals surface area contributed by atoms with Gasteiger partial charge in [0.15, 0.2) is 0 Å². The average Bonchev–Trinajstić information content (AvgIpc) is 2.66. The van der Waals surface area contributed by atoms with Crippen molar-refractivity contribution in [3.8, 4) is 0 Å². The zero-order valence-corrected chi connectivity index (χ0v) is 14.4. The van der Waals surface area contributed by atoms with E-state index in [-0.39, 0.29) is 13.0 Å². The molecule has 2 rings (SSSR count). The molecular formula is C17H23BFNO4. The van der Waals surface area contributed by atoms with Gasteiger partial charge in [0, 0.05) is 6.54 Å². The van der Waals surface area contributed by atoms with Gasteiger partial charge in [0.25, 0.3) is 0 Å². The Morgan fingerprint density at radius 1 is 1.29 bits per heavy atom. The summed E-state index contributed by atoms with van der Waals surface area (Å²) in [6.07, 6.45) is 1.46. The molecule has 5 nitrogen and oxygen atoms in total. The van der Waals surface area contributed by atoms with Crippen molar-refractivity contribution in [1.29, 1.82) is 0 Å². The fourth-order valence-electron chi connectivity index (χ4n) is 2.44. The van der Waals surface area contributed by atoms with E-state index in [2.05, 4.69) is 0 Å². The van der Waals surface area contributed by atoms with E-state index in [9.17, 15) is 9.18 Å². The molecule has 0 bridgehead atoms. The Hall–Kier alpha value is -1.70. The first-order valence-corrected chi connectivity index (χ1v) is 7.82. The fourth-order valence-corrected chi connectivity index (χ4v) is 2.44. The van der Waals surface area contributed by atoms with Gasteiger partial charge in [0.05, 0.1) is 17.6 Å². The van der Waals surface area contributed by atoms with Crippen LogP contribution in [0.4, 0.5) is 4.39 Å². The minimum atomic E-state index is -0.985. The van der Waals surface area contributed by atoms with Gasteiger partial charge in [-0.05, 0) is 56.4 Å². The van der Waals surface area contributed by atoms with Crippen molar-refractivity contribution in [3.05, 3.63) is 40.6 Å². The number of benzene rings is 1. The van der Waals surface area contributed by atoms with Crippen LogP contribution in [0.5, 0.6) is 0 Å². The first-order valence-electron chi connectivity index (χ1n) is 7.82. The third kappa shape index (κ3) is 3.86. The summed E-state index contributed by atoms with van der Waals surface area (Å²) in [5, 5.41) is 9.01. The van der Waals surface area contributed by atoms with Gasteiger partial charge in [-0.25, -0.2) is 4.39 Å². The highest BCUT2D eigenvalue weighted by Crippen LogP contribution is 2.38. The maximum atomic E-state index is 13.6. The van der Waals surface area contributed by atoms with Crippen LogP contribution in [0.25, 0.3) is 6.08 Å². The average molecular weight is 335 g/mol. The lowest BCUT2D eigenvalue weighted by Crippen LogP contribution is -2.41. The molecule has 0 unspecified atom stereocenters. The number of nitrogens with two attached hydrogens (primary N) is 1. The van der Waals surface area contributed by atoms with Gasteiger partial charge >= 0.3 is 13.1 Å². The Morgan fingerprint density at radius 3 is 2.38 bits per heavy atom. The number of carboxylic acid groups (broad SMARTS) is 1. The fraction of sp³-hybridized carbons (Fsp3) is 0.471. The van der Waals surface area contributed by atoms with E-state index in [4.69, 9.17) is 20.1 Å². The third-order valence-corrected chi connectivity index (χ3v) is 4.58. The van der Waals surface area contributed by atoms with Crippen LogP contribution < -0.4 is 5.73 Å². The molecule has 130 valence electrons. The standard InChI is InChI=1S/C17H23BFNO4/c1-16(2)17(3,4)24-18(23-16)13(10-20)7-12-8-14(19)6-5-11(12)9-15(21)22/h5-8H,9-10,20H2,1-4H3,(H,21,22). The van der Waals surface area contributed by atoms with E-state index in [0.717, 1.165) is 0 Å². The van der Waals surface area contributed by atoms with Crippen molar-refractivity contribution in [2.24, 2.45) is 5.73 Å². The number of hydrogen-bond donors (Lipinski definition) is 2. The van der Waals surface area contributed by atoms with Gasteiger partial charge in [-0.2, -0.15) is 0 Å². The summed E-state index contributed by atoms with van der Waals surface area (Å²) in [6.45, 7) is 7.87. The first-order chi connectivity index (χ1) is 11.1. The molecule has 1 aliphatic rings. The molecule has 0 saturated carbocycles. The number of halogens is 1. The molecule has 0 aliphatic carbocycles. The number of aliphatic carboxylic acids is 1. The van der Waals surface area contributed by atoms with Crippen molar-refractivity contribution < 1.29 is 23.6 Å². The van der Waals surface area contributed by atoms with E-state index in [0.29, 0.717) is 16.6 Å². The molecule has 7 heteroatoms. The summed E-state index contributed by atoms with van der Waals surface area (Å²) in [6, 6.07) is 4.00. The number of carbonyl (C=O) groups is 1. The topological polar surface area (TPSA) is 81.8 Å². The predicted octanol–water partition coefficient (Wildman–Crippen LogP) is 2.43. The Balaban J connectivity index is 2.38. The summed E-state index contributed by atoms with van der Waals surface area (Å²) in [4.78, 5) is 11.0. The molecule has 1 aromatic rings. The highest BCUT2D eigenvalue weighted by atomic mass is 19.1. The van der Waals surface area contributed by atoms with Crippen LogP contribution in [0.3, 0.4) is 0 Å². The maximum Gasteiger partial charge on any atom is 0.491 e. The molecule has 1 aromatic carbocycles. The van der Waals surface area contributed by atoms with Crippen LogP contribution in [0.2, 0.25) is 0 Å². The van der Waals surface area contributed by atoms with E-state index in [1.165, 1.54) is 18.2 Å². The van der Waals surface area contributed by atoms with Gasteiger partial charge < -0.3 is 20.1 Å². The lowest BCUT2D eigenvalue weighted by atomic mass is 9.76. The van der Waals surface area contributed by atoms with E-state index < -0.39 is 30.1 Å². The van der Waals surface area contributed by atoms with Crippen molar-refractivity contribution in [1.82, 2.24) is 0 Å². The quantitative estimate of drug-likeness (QED) is 0.808. The van der Waals surface area contributed by atoms with Crippen molar-refractivity contribution in [3.63, 3.8) is 0 Å². The Morgan fingerprint density at radius 2 is 1.88 bits per heavy atom. The lowest BCUT2D eigenvalue weighted by Gasteiger charge is -2.32. The van der Waals surface area contributed by atoms with Crippen LogP contribution in [-0.4, -0.2) is 35.9 Å². The summed E-state index contributed by atoms with van der Waals surface area (Å²) in [5.41, 5.74) is 6.40. The zero-order chi connectivity index (χ0) is 18.1. The zero-order valence-electron chi connectivity index (χ0n) is 14.4. The number of rotatable bonds is 5. The SMILES string of the molecule is CC1(C)OB(C(=Cc2cc(F)ccc2CC(=O)O)CN)OC1(C)C. The van der Waals surface area contributed by atoms with Crippen LogP contribution in [0, 0.1) is 5.82 Å². The van der Waals surface area contributed by atoms with Crippen LogP contribution in [0.1, 0.15) is 38.8 Å². The predicted molar refractivity (Wildman–Crippen MR) is 90.9 cm³/mol. The van der Waals surface area contributed by atoms with Gasteiger partial charge in [-0.3, -0.25) is 4.79 Å². The van der Waals surface area contributed by atoms with Gasteiger partial charge in [0.2, 0.25) is 0 Å². The van der Waals surface area contributed by atoms with Crippen LogP contribution in [0.15, 0.2) is 23.7 Å². The molecule has 24 heavy (non-hydrogen) atoms. The molecule has 0 spiro atoms.